The highest BCUT2D eigenvalue weighted by atomic mass is 19.1. The molecule has 1 unspecified atom stereocenters. The zero-order valence-corrected chi connectivity index (χ0v) is 18.5. The number of pyridine rings is 1. The summed E-state index contributed by atoms with van der Waals surface area (Å²) in [4.78, 5) is 4.61. The van der Waals surface area contributed by atoms with E-state index in [0.29, 0.717) is 35.1 Å². The molecule has 0 aliphatic rings. The van der Waals surface area contributed by atoms with Crippen LogP contribution in [0, 0.1) is 24.1 Å². The van der Waals surface area contributed by atoms with Crippen LogP contribution in [0.5, 0.6) is 11.5 Å². The highest BCUT2D eigenvalue weighted by Crippen LogP contribution is 2.29. The van der Waals surface area contributed by atoms with E-state index in [-0.39, 0.29) is 24.5 Å². The van der Waals surface area contributed by atoms with Crippen molar-refractivity contribution >= 4 is 0 Å². The van der Waals surface area contributed by atoms with E-state index in [1.54, 1.807) is 42.5 Å². The first-order valence-electron chi connectivity index (χ1n) is 10.4. The molecule has 0 saturated carbocycles. The van der Waals surface area contributed by atoms with E-state index in [2.05, 4.69) is 11.6 Å². The summed E-state index contributed by atoms with van der Waals surface area (Å²) in [6.45, 7) is 7.93. The molecule has 7 heteroatoms. The third-order valence-corrected chi connectivity index (χ3v) is 4.77. The molecular weight excluding hydrogens is 423 g/mol. The molecule has 0 amide bonds. The molecule has 3 aromatic rings. The highest BCUT2D eigenvalue weighted by molar-refractivity contribution is 5.61. The van der Waals surface area contributed by atoms with Crippen LogP contribution in [0.4, 0.5) is 4.39 Å². The molecule has 6 nitrogen and oxygen atoms in total. The van der Waals surface area contributed by atoms with Crippen LogP contribution in [0.3, 0.4) is 0 Å². The Labute approximate surface area is 192 Å². The molecule has 1 heterocycles. The van der Waals surface area contributed by atoms with E-state index in [9.17, 15) is 9.50 Å². The number of halogens is 1. The Morgan fingerprint density at radius 1 is 1.21 bits per heavy atom. The van der Waals surface area contributed by atoms with Crippen molar-refractivity contribution in [3.8, 4) is 28.8 Å². The Morgan fingerprint density at radius 3 is 2.70 bits per heavy atom. The number of rotatable bonds is 10. The van der Waals surface area contributed by atoms with Crippen LogP contribution in [-0.2, 0) is 4.74 Å². The van der Waals surface area contributed by atoms with Gasteiger partial charge in [0.05, 0.1) is 29.6 Å². The minimum absolute atomic E-state index is 0.0105. The molecule has 0 fully saturated rings. The fourth-order valence-electron chi connectivity index (χ4n) is 3.16. The number of aliphatic hydroxyl groups is 1. The summed E-state index contributed by atoms with van der Waals surface area (Å²) in [6, 6.07) is 16.8. The molecular formula is C26H25FN2O4. The number of hydrogen-bond acceptors (Lipinski definition) is 6. The summed E-state index contributed by atoms with van der Waals surface area (Å²) in [5, 5.41) is 18.2. The van der Waals surface area contributed by atoms with Crippen molar-refractivity contribution in [1.29, 1.82) is 5.26 Å². The third kappa shape index (κ3) is 6.31. The molecule has 1 N–H and O–H groups in total. The number of nitriles is 1. The SMILES string of the molecule is C=C(O)COc1ccc(OC(COCC)c2cccc(-c3ccc(C#N)cc3F)n2)cc1C. The van der Waals surface area contributed by atoms with Crippen LogP contribution in [0.1, 0.15) is 29.8 Å². The van der Waals surface area contributed by atoms with Crippen LogP contribution < -0.4 is 9.47 Å². The number of benzene rings is 2. The Kier molecular flexibility index (Phi) is 8.01. The fraction of sp³-hybridized carbons (Fsp3) is 0.231. The summed E-state index contributed by atoms with van der Waals surface area (Å²) in [5.41, 5.74) is 2.39. The maximum atomic E-state index is 14.5. The first-order chi connectivity index (χ1) is 15.9. The van der Waals surface area contributed by atoms with Crippen LogP contribution in [0.15, 0.2) is 66.9 Å². The van der Waals surface area contributed by atoms with Crippen LogP contribution >= 0.6 is 0 Å². The van der Waals surface area contributed by atoms with Crippen LogP contribution in [-0.4, -0.2) is 29.9 Å². The van der Waals surface area contributed by atoms with Gasteiger partial charge in [0.15, 0.2) is 6.10 Å². The zero-order chi connectivity index (χ0) is 23.8. The Morgan fingerprint density at radius 2 is 2.03 bits per heavy atom. The summed E-state index contributed by atoms with van der Waals surface area (Å²) in [6.07, 6.45) is -0.533. The Bertz CT molecular complexity index is 1170. The fourth-order valence-corrected chi connectivity index (χ4v) is 3.16. The molecule has 0 bridgehead atoms. The Hall–Kier alpha value is -3.89. The van der Waals surface area contributed by atoms with E-state index in [1.165, 1.54) is 6.07 Å². The standard InChI is InChI=1S/C26H25FN2O4/c1-4-31-16-26(33-20-9-11-25(17(2)12-20)32-15-18(3)30)24-7-5-6-23(29-24)21-10-8-19(14-28)13-22(21)27/h5-13,26,30H,3-4,15-16H2,1-2H3. The molecule has 0 spiro atoms. The predicted octanol–water partition coefficient (Wildman–Crippen LogP) is 5.67. The van der Waals surface area contributed by atoms with Crippen molar-refractivity contribution in [1.82, 2.24) is 4.98 Å². The number of aryl methyl sites for hydroxylation is 1. The van der Waals surface area contributed by atoms with Gasteiger partial charge in [-0.15, -0.1) is 0 Å². The summed E-state index contributed by atoms with van der Waals surface area (Å²) < 4.78 is 31.8. The second-order valence-electron chi connectivity index (χ2n) is 7.30. The molecule has 0 radical (unpaired) electrons. The molecule has 3 rings (SSSR count). The minimum Gasteiger partial charge on any atom is -0.509 e. The van der Waals surface area contributed by atoms with Gasteiger partial charge >= 0.3 is 0 Å². The second-order valence-corrected chi connectivity index (χ2v) is 7.30. The van der Waals surface area contributed by atoms with E-state index in [1.807, 2.05) is 26.0 Å². The second kappa shape index (κ2) is 11.1. The largest absolute Gasteiger partial charge is 0.509 e. The first kappa shape index (κ1) is 23.8. The third-order valence-electron chi connectivity index (χ3n) is 4.77. The van der Waals surface area contributed by atoms with Gasteiger partial charge in [-0.2, -0.15) is 5.26 Å². The predicted molar refractivity (Wildman–Crippen MR) is 123 cm³/mol. The van der Waals surface area contributed by atoms with E-state index >= 15 is 0 Å². The maximum Gasteiger partial charge on any atom is 0.164 e. The van der Waals surface area contributed by atoms with Gasteiger partial charge in [-0.3, -0.25) is 0 Å². The molecule has 2 aromatic carbocycles. The van der Waals surface area contributed by atoms with E-state index in [0.717, 1.165) is 5.56 Å². The molecule has 0 aliphatic heterocycles. The lowest BCUT2D eigenvalue weighted by molar-refractivity contribution is 0.0540. The quantitative estimate of drug-likeness (QED) is 0.402. The lowest BCUT2D eigenvalue weighted by atomic mass is 10.1. The maximum absolute atomic E-state index is 14.5. The van der Waals surface area contributed by atoms with Gasteiger partial charge in [0, 0.05) is 12.2 Å². The molecule has 170 valence electrons. The molecule has 0 aliphatic carbocycles. The lowest BCUT2D eigenvalue weighted by Crippen LogP contribution is -2.16. The van der Waals surface area contributed by atoms with Gasteiger partial charge in [-0.05, 0) is 67.9 Å². The average molecular weight is 448 g/mol. The number of ether oxygens (including phenoxy) is 3. The average Bonchev–Trinajstić information content (AvgIpc) is 2.81. The number of nitrogens with zero attached hydrogens (tertiary/aromatic N) is 2. The van der Waals surface area contributed by atoms with Crippen molar-refractivity contribution in [3.63, 3.8) is 0 Å². The van der Waals surface area contributed by atoms with Gasteiger partial charge in [-0.1, -0.05) is 12.6 Å². The first-order valence-corrected chi connectivity index (χ1v) is 10.4. The number of aromatic nitrogens is 1. The van der Waals surface area contributed by atoms with Gasteiger partial charge in [0.1, 0.15) is 29.7 Å². The van der Waals surface area contributed by atoms with Gasteiger partial charge in [0.25, 0.3) is 0 Å². The van der Waals surface area contributed by atoms with Gasteiger partial charge in [0.2, 0.25) is 0 Å². The monoisotopic (exact) mass is 448 g/mol. The topological polar surface area (TPSA) is 84.6 Å². The van der Waals surface area contributed by atoms with Gasteiger partial charge in [-0.25, -0.2) is 9.37 Å². The summed E-state index contributed by atoms with van der Waals surface area (Å²) >= 11 is 0. The van der Waals surface area contributed by atoms with Crippen LogP contribution in [0.2, 0.25) is 0 Å². The Balaban J connectivity index is 1.86. The van der Waals surface area contributed by atoms with Gasteiger partial charge < -0.3 is 19.3 Å². The molecule has 0 saturated heterocycles. The minimum atomic E-state index is -0.533. The van der Waals surface area contributed by atoms with Crippen molar-refractivity contribution in [3.05, 3.63) is 89.6 Å². The molecule has 1 aromatic heterocycles. The highest BCUT2D eigenvalue weighted by Gasteiger charge is 2.18. The normalized spacial score (nSPS) is 11.5. The van der Waals surface area contributed by atoms with Crippen molar-refractivity contribution in [2.24, 2.45) is 0 Å². The lowest BCUT2D eigenvalue weighted by Gasteiger charge is -2.20. The number of hydrogen-bond donors (Lipinski definition) is 1. The van der Waals surface area contributed by atoms with E-state index < -0.39 is 11.9 Å². The summed E-state index contributed by atoms with van der Waals surface area (Å²) in [7, 11) is 0. The molecule has 33 heavy (non-hydrogen) atoms. The summed E-state index contributed by atoms with van der Waals surface area (Å²) in [5.74, 6) is 0.619. The number of aliphatic hydroxyl groups excluding tert-OH is 1. The van der Waals surface area contributed by atoms with Crippen molar-refractivity contribution in [2.75, 3.05) is 19.8 Å². The van der Waals surface area contributed by atoms with Crippen molar-refractivity contribution < 1.29 is 23.7 Å². The molecule has 1 atom stereocenters. The van der Waals surface area contributed by atoms with Crippen molar-refractivity contribution in [2.45, 2.75) is 20.0 Å². The smallest absolute Gasteiger partial charge is 0.164 e. The van der Waals surface area contributed by atoms with Crippen LogP contribution in [0.25, 0.3) is 11.3 Å². The van der Waals surface area contributed by atoms with E-state index in [4.69, 9.17) is 19.5 Å². The zero-order valence-electron chi connectivity index (χ0n) is 18.5.